The van der Waals surface area contributed by atoms with E-state index in [0.717, 1.165) is 4.90 Å². The Morgan fingerprint density at radius 2 is 1.45 bits per heavy atom. The number of likely N-dealkylation sites (tertiary alicyclic amines) is 1. The number of rotatable bonds is 6. The molecule has 9 nitrogen and oxygen atoms in total. The monoisotopic (exact) mass is 443 g/mol. The van der Waals surface area contributed by atoms with Crippen LogP contribution in [-0.4, -0.2) is 68.8 Å². The van der Waals surface area contributed by atoms with Crippen molar-refractivity contribution in [3.8, 4) is 0 Å². The zero-order valence-electron chi connectivity index (χ0n) is 20.3. The van der Waals surface area contributed by atoms with Gasteiger partial charge in [0.05, 0.1) is 13.0 Å². The number of hydrogen-bond donors (Lipinski definition) is 1. The standard InChI is InChI=1S/C22H37NO8/c1-11-29-16(25)15(13(2)3)23-14(24)12-21(10,28)22(23,17(26)30-19(4,5)6)18(27)31-20(7,8)9/h13,15,28H,11-12H2,1-10H3/t15-,21?/m1/s1. The van der Waals surface area contributed by atoms with Crippen LogP contribution >= 0.6 is 0 Å². The molecule has 1 aliphatic heterocycles. The van der Waals surface area contributed by atoms with Gasteiger partial charge in [0.2, 0.25) is 5.91 Å². The maximum absolute atomic E-state index is 13.6. The molecule has 1 rings (SSSR count). The van der Waals surface area contributed by atoms with E-state index in [2.05, 4.69) is 0 Å². The molecule has 1 heterocycles. The van der Waals surface area contributed by atoms with Gasteiger partial charge in [-0.2, -0.15) is 0 Å². The Labute approximate surface area is 184 Å². The molecule has 0 saturated carbocycles. The van der Waals surface area contributed by atoms with Crippen molar-refractivity contribution >= 4 is 23.8 Å². The third kappa shape index (κ3) is 5.37. The first kappa shape index (κ1) is 26.9. The second-order valence-electron chi connectivity index (χ2n) is 10.4. The highest BCUT2D eigenvalue weighted by Crippen LogP contribution is 2.45. The summed E-state index contributed by atoms with van der Waals surface area (Å²) in [5.74, 6) is -4.42. The molecule has 178 valence electrons. The summed E-state index contributed by atoms with van der Waals surface area (Å²) < 4.78 is 16.1. The van der Waals surface area contributed by atoms with E-state index in [-0.39, 0.29) is 6.61 Å². The van der Waals surface area contributed by atoms with Gasteiger partial charge in [-0.15, -0.1) is 0 Å². The van der Waals surface area contributed by atoms with Gasteiger partial charge in [-0.25, -0.2) is 14.4 Å². The van der Waals surface area contributed by atoms with Crippen molar-refractivity contribution in [3.05, 3.63) is 0 Å². The minimum absolute atomic E-state index is 0.0341. The first-order valence-electron chi connectivity index (χ1n) is 10.5. The van der Waals surface area contributed by atoms with E-state index in [1.54, 1.807) is 62.3 Å². The molecule has 0 spiro atoms. The summed E-state index contributed by atoms with van der Waals surface area (Å²) >= 11 is 0. The number of nitrogens with zero attached hydrogens (tertiary/aromatic N) is 1. The van der Waals surface area contributed by atoms with Crippen LogP contribution in [0.2, 0.25) is 0 Å². The maximum Gasteiger partial charge on any atom is 0.347 e. The van der Waals surface area contributed by atoms with E-state index in [1.165, 1.54) is 6.92 Å². The van der Waals surface area contributed by atoms with E-state index in [1.807, 2.05) is 0 Å². The lowest BCUT2D eigenvalue weighted by atomic mass is 9.79. The van der Waals surface area contributed by atoms with Gasteiger partial charge in [-0.3, -0.25) is 4.79 Å². The fourth-order valence-corrected chi connectivity index (χ4v) is 3.64. The summed E-state index contributed by atoms with van der Waals surface area (Å²) in [5.41, 5.74) is -6.88. The van der Waals surface area contributed by atoms with Crippen LogP contribution in [0.15, 0.2) is 0 Å². The van der Waals surface area contributed by atoms with Crippen LogP contribution in [0.1, 0.15) is 75.7 Å². The molecule has 0 bridgehead atoms. The minimum Gasteiger partial charge on any atom is -0.464 e. The second-order valence-corrected chi connectivity index (χ2v) is 10.4. The lowest BCUT2D eigenvalue weighted by molar-refractivity contribution is -0.204. The molecule has 1 saturated heterocycles. The average Bonchev–Trinajstić information content (AvgIpc) is 2.70. The largest absolute Gasteiger partial charge is 0.464 e. The van der Waals surface area contributed by atoms with E-state index >= 15 is 0 Å². The van der Waals surface area contributed by atoms with Crippen LogP contribution in [0.4, 0.5) is 0 Å². The fraction of sp³-hybridized carbons (Fsp3) is 0.818. The minimum atomic E-state index is -2.59. The predicted molar refractivity (Wildman–Crippen MR) is 112 cm³/mol. The van der Waals surface area contributed by atoms with Crippen molar-refractivity contribution in [1.82, 2.24) is 4.90 Å². The van der Waals surface area contributed by atoms with Gasteiger partial charge >= 0.3 is 17.9 Å². The normalized spacial score (nSPS) is 22.3. The zero-order chi connectivity index (χ0) is 24.6. The fourth-order valence-electron chi connectivity index (χ4n) is 3.64. The van der Waals surface area contributed by atoms with Gasteiger partial charge in [0, 0.05) is 0 Å². The summed E-state index contributed by atoms with van der Waals surface area (Å²) in [6.45, 7) is 15.7. The third-order valence-electron chi connectivity index (χ3n) is 4.73. The molecule has 31 heavy (non-hydrogen) atoms. The zero-order valence-corrected chi connectivity index (χ0v) is 20.3. The lowest BCUT2D eigenvalue weighted by Gasteiger charge is -2.45. The Kier molecular flexibility index (Phi) is 7.60. The smallest absolute Gasteiger partial charge is 0.347 e. The first-order chi connectivity index (χ1) is 13.8. The Morgan fingerprint density at radius 1 is 1.03 bits per heavy atom. The van der Waals surface area contributed by atoms with E-state index in [0.29, 0.717) is 0 Å². The topological polar surface area (TPSA) is 119 Å². The van der Waals surface area contributed by atoms with Crippen LogP contribution in [0, 0.1) is 5.92 Å². The van der Waals surface area contributed by atoms with Crippen LogP contribution in [-0.2, 0) is 33.4 Å². The molecule has 2 atom stereocenters. The van der Waals surface area contributed by atoms with E-state index in [9.17, 15) is 24.3 Å². The molecule has 1 amide bonds. The van der Waals surface area contributed by atoms with Gasteiger partial charge in [-0.05, 0) is 61.3 Å². The summed E-state index contributed by atoms with van der Waals surface area (Å²) in [5, 5.41) is 11.3. The Bertz CT molecular complexity index is 699. The molecule has 1 unspecified atom stereocenters. The first-order valence-corrected chi connectivity index (χ1v) is 10.5. The predicted octanol–water partition coefficient (Wildman–Crippen LogP) is 1.98. The SMILES string of the molecule is CCOC(=O)[C@@H](C(C)C)N1C(=O)CC(C)(O)C1(C(=O)OC(C)(C)C)C(=O)OC(C)(C)C. The Hall–Kier alpha value is -2.16. The number of carbonyl (C=O) groups excluding carboxylic acids is 4. The van der Waals surface area contributed by atoms with Crippen LogP contribution < -0.4 is 0 Å². The highest BCUT2D eigenvalue weighted by Gasteiger charge is 2.74. The molecule has 0 radical (unpaired) electrons. The van der Waals surface area contributed by atoms with Gasteiger partial charge in [-0.1, -0.05) is 13.8 Å². The molecule has 0 aromatic rings. The summed E-state index contributed by atoms with van der Waals surface area (Å²) in [4.78, 5) is 53.9. The van der Waals surface area contributed by atoms with Crippen LogP contribution in [0.3, 0.4) is 0 Å². The van der Waals surface area contributed by atoms with Crippen molar-refractivity contribution in [1.29, 1.82) is 0 Å². The van der Waals surface area contributed by atoms with Crippen molar-refractivity contribution < 1.29 is 38.5 Å². The van der Waals surface area contributed by atoms with Crippen molar-refractivity contribution in [2.75, 3.05) is 6.61 Å². The molecule has 0 aliphatic carbocycles. The molecular formula is C22H37NO8. The highest BCUT2D eigenvalue weighted by molar-refractivity contribution is 6.13. The Balaban J connectivity index is 3.88. The lowest BCUT2D eigenvalue weighted by Crippen LogP contribution is -2.72. The Morgan fingerprint density at radius 3 is 1.77 bits per heavy atom. The number of esters is 3. The number of ether oxygens (including phenoxy) is 3. The summed E-state index contributed by atoms with van der Waals surface area (Å²) in [7, 11) is 0. The highest BCUT2D eigenvalue weighted by atomic mass is 16.6. The summed E-state index contributed by atoms with van der Waals surface area (Å²) in [6, 6.07) is -1.32. The second kappa shape index (κ2) is 8.76. The molecule has 1 aliphatic rings. The number of carbonyl (C=O) groups is 4. The summed E-state index contributed by atoms with van der Waals surface area (Å²) in [6.07, 6.45) is -0.575. The van der Waals surface area contributed by atoms with Gasteiger partial charge in [0.1, 0.15) is 22.8 Å². The molecule has 0 aromatic heterocycles. The van der Waals surface area contributed by atoms with Gasteiger partial charge in [0.15, 0.2) is 0 Å². The van der Waals surface area contributed by atoms with Crippen LogP contribution in [0.5, 0.6) is 0 Å². The number of amides is 1. The van der Waals surface area contributed by atoms with Crippen molar-refractivity contribution in [3.63, 3.8) is 0 Å². The number of hydrogen-bond acceptors (Lipinski definition) is 8. The van der Waals surface area contributed by atoms with Crippen molar-refractivity contribution in [2.45, 2.75) is 104 Å². The van der Waals surface area contributed by atoms with Gasteiger partial charge in [0.25, 0.3) is 5.54 Å². The number of aliphatic hydroxyl groups is 1. The van der Waals surface area contributed by atoms with Crippen molar-refractivity contribution in [2.24, 2.45) is 5.92 Å². The molecule has 1 N–H and O–H groups in total. The molecular weight excluding hydrogens is 406 g/mol. The van der Waals surface area contributed by atoms with E-state index < -0.39 is 64.5 Å². The van der Waals surface area contributed by atoms with Crippen LogP contribution in [0.25, 0.3) is 0 Å². The molecule has 1 fully saturated rings. The quantitative estimate of drug-likeness (QED) is 0.376. The molecule has 0 aromatic carbocycles. The third-order valence-corrected chi connectivity index (χ3v) is 4.73. The maximum atomic E-state index is 13.6. The molecule has 9 heteroatoms. The van der Waals surface area contributed by atoms with Gasteiger partial charge < -0.3 is 24.2 Å². The van der Waals surface area contributed by atoms with E-state index in [4.69, 9.17) is 14.2 Å². The average molecular weight is 444 g/mol.